The lowest BCUT2D eigenvalue weighted by molar-refractivity contribution is 0.804. The monoisotopic (exact) mass is 305 g/mol. The zero-order valence-corrected chi connectivity index (χ0v) is 13.3. The zero-order chi connectivity index (χ0) is 14.9. The van der Waals surface area contributed by atoms with E-state index in [1.165, 1.54) is 22.3 Å². The first-order chi connectivity index (χ1) is 10.8. The topological polar surface area (TPSA) is 26.0 Å². The predicted octanol–water partition coefficient (Wildman–Crippen LogP) is 4.80. The van der Waals surface area contributed by atoms with Gasteiger partial charge in [0.15, 0.2) is 0 Å². The van der Waals surface area contributed by atoms with E-state index in [1.54, 1.807) is 4.88 Å². The van der Waals surface area contributed by atoms with Crippen LogP contribution in [0.4, 0.5) is 5.69 Å². The van der Waals surface area contributed by atoms with Gasteiger partial charge >= 0.3 is 0 Å². The van der Waals surface area contributed by atoms with Crippen molar-refractivity contribution >= 4 is 17.0 Å². The highest BCUT2D eigenvalue weighted by atomic mass is 32.1. The molecular formula is C20H19NS. The summed E-state index contributed by atoms with van der Waals surface area (Å²) in [6.07, 6.45) is 3.33. The largest absolute Gasteiger partial charge is 0.399 e. The molecule has 1 aliphatic rings. The van der Waals surface area contributed by atoms with Gasteiger partial charge in [-0.15, -0.1) is 11.3 Å². The Hall–Kier alpha value is -2.06. The quantitative estimate of drug-likeness (QED) is 0.676. The highest BCUT2D eigenvalue weighted by molar-refractivity contribution is 7.10. The normalized spacial score (nSPS) is 16.6. The van der Waals surface area contributed by atoms with Crippen molar-refractivity contribution in [2.45, 2.75) is 25.2 Å². The molecule has 2 heteroatoms. The van der Waals surface area contributed by atoms with E-state index < -0.39 is 0 Å². The van der Waals surface area contributed by atoms with Crippen molar-refractivity contribution in [2.75, 3.05) is 5.73 Å². The number of fused-ring (bicyclic) bond motifs is 2. The number of anilines is 1. The lowest BCUT2D eigenvalue weighted by Gasteiger charge is -2.19. The van der Waals surface area contributed by atoms with Gasteiger partial charge in [0.1, 0.15) is 0 Å². The number of rotatable bonds is 2. The Kier molecular flexibility index (Phi) is 3.47. The fourth-order valence-corrected chi connectivity index (χ4v) is 4.50. The maximum atomic E-state index is 5.97. The number of hydrogen-bond donors (Lipinski definition) is 1. The fourth-order valence-electron chi connectivity index (χ4n) is 3.56. The molecule has 1 atom stereocenters. The van der Waals surface area contributed by atoms with Gasteiger partial charge in [-0.3, -0.25) is 0 Å². The van der Waals surface area contributed by atoms with E-state index in [-0.39, 0.29) is 0 Å². The second kappa shape index (κ2) is 5.62. The van der Waals surface area contributed by atoms with Gasteiger partial charge in [-0.2, -0.15) is 0 Å². The molecule has 2 aromatic carbocycles. The van der Waals surface area contributed by atoms with Crippen LogP contribution in [0.2, 0.25) is 0 Å². The molecule has 0 spiro atoms. The first kappa shape index (κ1) is 13.6. The van der Waals surface area contributed by atoms with Gasteiger partial charge in [-0.05, 0) is 65.1 Å². The number of thiophene rings is 1. The van der Waals surface area contributed by atoms with Crippen molar-refractivity contribution in [3.05, 3.63) is 87.1 Å². The molecule has 4 rings (SSSR count). The average Bonchev–Trinajstić information content (AvgIpc) is 2.94. The maximum Gasteiger partial charge on any atom is 0.0316 e. The molecule has 1 aliphatic carbocycles. The van der Waals surface area contributed by atoms with Crippen LogP contribution >= 0.6 is 11.3 Å². The number of benzene rings is 2. The molecule has 22 heavy (non-hydrogen) atoms. The molecule has 1 aromatic heterocycles. The van der Waals surface area contributed by atoms with Crippen molar-refractivity contribution < 1.29 is 0 Å². The third-order valence-electron chi connectivity index (χ3n) is 4.60. The van der Waals surface area contributed by atoms with Crippen LogP contribution in [0.3, 0.4) is 0 Å². The summed E-state index contributed by atoms with van der Waals surface area (Å²) in [5.74, 6) is 0.446. The van der Waals surface area contributed by atoms with Gasteiger partial charge < -0.3 is 5.73 Å². The van der Waals surface area contributed by atoms with Crippen LogP contribution in [-0.2, 0) is 19.3 Å². The molecule has 0 aliphatic heterocycles. The van der Waals surface area contributed by atoms with E-state index in [4.69, 9.17) is 5.73 Å². The highest BCUT2D eigenvalue weighted by Crippen LogP contribution is 2.38. The van der Waals surface area contributed by atoms with Gasteiger partial charge in [-0.25, -0.2) is 0 Å². The van der Waals surface area contributed by atoms with Crippen LogP contribution in [0.1, 0.15) is 33.0 Å². The Morgan fingerprint density at radius 3 is 2.77 bits per heavy atom. The Balaban J connectivity index is 1.81. The lowest BCUT2D eigenvalue weighted by atomic mass is 9.85. The van der Waals surface area contributed by atoms with E-state index in [2.05, 4.69) is 53.9 Å². The van der Waals surface area contributed by atoms with E-state index >= 15 is 0 Å². The summed E-state index contributed by atoms with van der Waals surface area (Å²) in [5.41, 5.74) is 12.6. The fraction of sp³-hybridized carbons (Fsp3) is 0.200. The van der Waals surface area contributed by atoms with Crippen molar-refractivity contribution in [2.24, 2.45) is 0 Å². The average molecular weight is 305 g/mol. The van der Waals surface area contributed by atoms with Crippen LogP contribution in [0.5, 0.6) is 0 Å². The molecule has 0 saturated heterocycles. The second-order valence-corrected chi connectivity index (χ2v) is 7.00. The molecule has 0 fully saturated rings. The summed E-state index contributed by atoms with van der Waals surface area (Å²) in [4.78, 5) is 1.55. The molecular weight excluding hydrogens is 286 g/mol. The van der Waals surface area contributed by atoms with Crippen molar-refractivity contribution in [3.63, 3.8) is 0 Å². The SMILES string of the molecule is Nc1cccc(CC2c3ccccc3CCc3sccc32)c1. The molecule has 0 radical (unpaired) electrons. The van der Waals surface area contributed by atoms with Crippen molar-refractivity contribution in [1.29, 1.82) is 0 Å². The third-order valence-corrected chi connectivity index (χ3v) is 5.59. The summed E-state index contributed by atoms with van der Waals surface area (Å²) < 4.78 is 0. The van der Waals surface area contributed by atoms with E-state index in [9.17, 15) is 0 Å². The zero-order valence-electron chi connectivity index (χ0n) is 12.5. The number of aryl methyl sites for hydroxylation is 2. The number of nitrogen functional groups attached to an aromatic ring is 1. The summed E-state index contributed by atoms with van der Waals surface area (Å²) in [7, 11) is 0. The van der Waals surface area contributed by atoms with Crippen molar-refractivity contribution in [1.82, 2.24) is 0 Å². The molecule has 0 saturated carbocycles. The third kappa shape index (κ3) is 2.44. The second-order valence-electron chi connectivity index (χ2n) is 6.00. The summed E-state index contributed by atoms with van der Waals surface area (Å²) in [6, 6.07) is 19.6. The Morgan fingerprint density at radius 2 is 1.86 bits per heavy atom. The Bertz CT molecular complexity index is 803. The molecule has 2 N–H and O–H groups in total. The minimum Gasteiger partial charge on any atom is -0.399 e. The standard InChI is InChI=1S/C20H19NS/c21-16-6-3-4-14(12-16)13-19-17-7-2-1-5-15(17)8-9-20-18(19)10-11-22-20/h1-7,10-12,19H,8-9,13,21H2. The predicted molar refractivity (Wildman–Crippen MR) is 94.6 cm³/mol. The molecule has 3 aromatic rings. The van der Waals surface area contributed by atoms with Crippen LogP contribution in [0.15, 0.2) is 60.0 Å². The van der Waals surface area contributed by atoms with E-state index in [1.807, 2.05) is 17.4 Å². The number of hydrogen-bond acceptors (Lipinski definition) is 2. The van der Waals surface area contributed by atoms with E-state index in [0.29, 0.717) is 5.92 Å². The molecule has 1 nitrogen and oxygen atoms in total. The lowest BCUT2D eigenvalue weighted by Crippen LogP contribution is -2.06. The summed E-state index contributed by atoms with van der Waals surface area (Å²) in [6.45, 7) is 0. The van der Waals surface area contributed by atoms with Gasteiger partial charge in [-0.1, -0.05) is 36.4 Å². The molecule has 110 valence electrons. The Morgan fingerprint density at radius 1 is 0.955 bits per heavy atom. The minimum atomic E-state index is 0.446. The van der Waals surface area contributed by atoms with Gasteiger partial charge in [0.05, 0.1) is 0 Å². The Labute approximate surface area is 135 Å². The molecule has 0 bridgehead atoms. The molecule has 0 amide bonds. The smallest absolute Gasteiger partial charge is 0.0316 e. The number of nitrogens with two attached hydrogens (primary N) is 1. The first-order valence-electron chi connectivity index (χ1n) is 7.80. The van der Waals surface area contributed by atoms with Crippen LogP contribution < -0.4 is 5.73 Å². The first-order valence-corrected chi connectivity index (χ1v) is 8.68. The van der Waals surface area contributed by atoms with Crippen LogP contribution in [0.25, 0.3) is 0 Å². The van der Waals surface area contributed by atoms with Gasteiger partial charge in [0, 0.05) is 16.5 Å². The van der Waals surface area contributed by atoms with Gasteiger partial charge in [0.2, 0.25) is 0 Å². The van der Waals surface area contributed by atoms with Gasteiger partial charge in [0.25, 0.3) is 0 Å². The maximum absolute atomic E-state index is 5.97. The highest BCUT2D eigenvalue weighted by Gasteiger charge is 2.24. The summed E-state index contributed by atoms with van der Waals surface area (Å²) >= 11 is 1.90. The molecule has 1 unspecified atom stereocenters. The van der Waals surface area contributed by atoms with E-state index in [0.717, 1.165) is 24.9 Å². The van der Waals surface area contributed by atoms with Crippen LogP contribution in [-0.4, -0.2) is 0 Å². The minimum absolute atomic E-state index is 0.446. The molecule has 1 heterocycles. The van der Waals surface area contributed by atoms with Crippen molar-refractivity contribution in [3.8, 4) is 0 Å². The van der Waals surface area contributed by atoms with Crippen LogP contribution in [0, 0.1) is 0 Å². The summed E-state index contributed by atoms with van der Waals surface area (Å²) in [5, 5.41) is 2.24.